The van der Waals surface area contributed by atoms with Crippen LogP contribution in [0.5, 0.6) is 0 Å². The topological polar surface area (TPSA) is 57.5 Å². The van der Waals surface area contributed by atoms with Gasteiger partial charge in [-0.1, -0.05) is 20.8 Å². The molecule has 4 rings (SSSR count). The van der Waals surface area contributed by atoms with Crippen molar-refractivity contribution < 1.29 is 15.0 Å². The highest BCUT2D eigenvalue weighted by Crippen LogP contribution is 2.68. The van der Waals surface area contributed by atoms with Gasteiger partial charge < -0.3 is 10.2 Å². The van der Waals surface area contributed by atoms with Crippen LogP contribution in [0.25, 0.3) is 0 Å². The molecule has 27 heavy (non-hydrogen) atoms. The van der Waals surface area contributed by atoms with E-state index < -0.39 is 5.97 Å². The minimum absolute atomic E-state index is 0.0561. The molecule has 0 radical (unpaired) electrons. The van der Waals surface area contributed by atoms with E-state index in [1.165, 1.54) is 44.9 Å². The van der Waals surface area contributed by atoms with Crippen LogP contribution in [-0.4, -0.2) is 22.3 Å². The number of aliphatic hydroxyl groups excluding tert-OH is 1. The molecule has 3 nitrogen and oxygen atoms in total. The maximum atomic E-state index is 11.0. The molecule has 3 heteroatoms. The van der Waals surface area contributed by atoms with E-state index >= 15 is 0 Å². The van der Waals surface area contributed by atoms with Crippen molar-refractivity contribution in [2.75, 3.05) is 0 Å². The Balaban J connectivity index is 1.51. The van der Waals surface area contributed by atoms with Gasteiger partial charge in [0, 0.05) is 6.42 Å². The molecule has 9 atom stereocenters. The number of hydrogen-bond donors (Lipinski definition) is 2. The Hall–Kier alpha value is -0.570. The lowest BCUT2D eigenvalue weighted by atomic mass is 9.44. The van der Waals surface area contributed by atoms with Gasteiger partial charge in [-0.2, -0.15) is 0 Å². The lowest BCUT2D eigenvalue weighted by Crippen LogP contribution is -2.54. The van der Waals surface area contributed by atoms with Crippen LogP contribution in [0.1, 0.15) is 91.4 Å². The third kappa shape index (κ3) is 3.16. The Kier molecular flexibility index (Phi) is 5.15. The summed E-state index contributed by atoms with van der Waals surface area (Å²) in [6, 6.07) is 0. The SMILES string of the molecule is C[C@H](CCC(=O)O)[C@@H]1CC[C@@H]2[C@@H]3CC[C@@H]4C[C@H](O)CC[C@]4(C)[C@H]3CC[C@@]21C. The van der Waals surface area contributed by atoms with Crippen LogP contribution in [0, 0.1) is 46.3 Å². The Bertz CT molecular complexity index is 574. The molecule has 0 aromatic carbocycles. The number of carboxylic acids is 1. The van der Waals surface area contributed by atoms with Crippen LogP contribution >= 0.6 is 0 Å². The quantitative estimate of drug-likeness (QED) is 0.680. The third-order valence-electron chi connectivity index (χ3n) is 10.2. The number of hydrogen-bond acceptors (Lipinski definition) is 2. The highest BCUT2D eigenvalue weighted by atomic mass is 16.4. The van der Waals surface area contributed by atoms with Gasteiger partial charge in [-0.25, -0.2) is 0 Å². The van der Waals surface area contributed by atoms with Crippen molar-refractivity contribution in [3.05, 3.63) is 0 Å². The van der Waals surface area contributed by atoms with E-state index in [9.17, 15) is 9.90 Å². The van der Waals surface area contributed by atoms with Crippen LogP contribution in [0.3, 0.4) is 0 Å². The second-order valence-electron chi connectivity index (χ2n) is 11.2. The molecule has 0 heterocycles. The lowest BCUT2D eigenvalue weighted by molar-refractivity contribution is -0.138. The minimum Gasteiger partial charge on any atom is -0.481 e. The van der Waals surface area contributed by atoms with Gasteiger partial charge in [0.2, 0.25) is 0 Å². The summed E-state index contributed by atoms with van der Waals surface area (Å²) in [4.78, 5) is 11.0. The Labute approximate surface area is 165 Å². The Morgan fingerprint density at radius 3 is 2.44 bits per heavy atom. The van der Waals surface area contributed by atoms with Crippen molar-refractivity contribution in [3.8, 4) is 0 Å². The van der Waals surface area contributed by atoms with E-state index in [4.69, 9.17) is 5.11 Å². The van der Waals surface area contributed by atoms with Crippen LogP contribution < -0.4 is 0 Å². The first kappa shape index (κ1) is 19.7. The van der Waals surface area contributed by atoms with Crippen LogP contribution in [0.4, 0.5) is 0 Å². The molecular formula is C24H40O3. The molecule has 0 aliphatic heterocycles. The summed E-state index contributed by atoms with van der Waals surface area (Å²) in [6.07, 6.45) is 12.4. The van der Waals surface area contributed by atoms with E-state index in [0.717, 1.165) is 42.9 Å². The molecule has 0 aromatic heterocycles. The molecule has 0 saturated heterocycles. The molecule has 4 aliphatic rings. The smallest absolute Gasteiger partial charge is 0.303 e. The zero-order valence-corrected chi connectivity index (χ0v) is 17.6. The summed E-state index contributed by atoms with van der Waals surface area (Å²) in [5.41, 5.74) is 0.882. The van der Waals surface area contributed by atoms with E-state index in [1.54, 1.807) is 0 Å². The van der Waals surface area contributed by atoms with Crippen molar-refractivity contribution in [3.63, 3.8) is 0 Å². The standard InChI is InChI=1S/C24H40O3/c1-15(4-9-22(26)27)19-7-8-20-18-6-5-16-14-17(25)10-12-23(16,2)21(18)11-13-24(19,20)3/h15-21,25H,4-14H2,1-3H3,(H,26,27)/t15-,16-,17-,18+,19+,20-,21+,23+,24-/m1/s1. The number of aliphatic hydroxyl groups is 1. The maximum Gasteiger partial charge on any atom is 0.303 e. The van der Waals surface area contributed by atoms with Crippen molar-refractivity contribution in [1.29, 1.82) is 0 Å². The van der Waals surface area contributed by atoms with E-state index in [1.807, 2.05) is 0 Å². The van der Waals surface area contributed by atoms with Gasteiger partial charge in [-0.15, -0.1) is 0 Å². The molecule has 0 aromatic rings. The molecule has 0 spiro atoms. The largest absolute Gasteiger partial charge is 0.481 e. The fourth-order valence-electron chi connectivity index (χ4n) is 8.76. The van der Waals surface area contributed by atoms with Crippen LogP contribution in [0.2, 0.25) is 0 Å². The first-order valence-corrected chi connectivity index (χ1v) is 11.7. The maximum absolute atomic E-state index is 11.0. The van der Waals surface area contributed by atoms with Gasteiger partial charge in [-0.05, 0) is 111 Å². The number of fused-ring (bicyclic) bond motifs is 5. The van der Waals surface area contributed by atoms with Crippen molar-refractivity contribution in [2.45, 2.75) is 97.5 Å². The predicted octanol–water partition coefficient (Wildman–Crippen LogP) is 5.51. The summed E-state index contributed by atoms with van der Waals surface area (Å²) in [6.45, 7) is 7.43. The molecule has 154 valence electrons. The summed E-state index contributed by atoms with van der Waals surface area (Å²) >= 11 is 0. The lowest BCUT2D eigenvalue weighted by Gasteiger charge is -2.61. The fraction of sp³-hybridized carbons (Fsp3) is 0.958. The summed E-state index contributed by atoms with van der Waals surface area (Å²) in [5, 5.41) is 19.3. The van der Waals surface area contributed by atoms with Gasteiger partial charge >= 0.3 is 5.97 Å². The number of rotatable bonds is 4. The molecule has 4 aliphatic carbocycles. The molecule has 4 saturated carbocycles. The molecule has 4 fully saturated rings. The predicted molar refractivity (Wildman–Crippen MR) is 107 cm³/mol. The fourth-order valence-corrected chi connectivity index (χ4v) is 8.76. The highest BCUT2D eigenvalue weighted by molar-refractivity contribution is 5.66. The van der Waals surface area contributed by atoms with Crippen molar-refractivity contribution in [2.24, 2.45) is 46.3 Å². The van der Waals surface area contributed by atoms with Gasteiger partial charge in [0.05, 0.1) is 6.10 Å². The molecular weight excluding hydrogens is 336 g/mol. The number of carboxylic acid groups (broad SMARTS) is 1. The van der Waals surface area contributed by atoms with Gasteiger partial charge in [0.1, 0.15) is 0 Å². The van der Waals surface area contributed by atoms with Crippen molar-refractivity contribution >= 4 is 5.97 Å². The number of aliphatic carboxylic acids is 1. The van der Waals surface area contributed by atoms with Gasteiger partial charge in [0.15, 0.2) is 0 Å². The van der Waals surface area contributed by atoms with Crippen molar-refractivity contribution in [1.82, 2.24) is 0 Å². The minimum atomic E-state index is -0.643. The normalized spacial score (nSPS) is 50.4. The molecule has 0 amide bonds. The van der Waals surface area contributed by atoms with E-state index in [2.05, 4.69) is 20.8 Å². The molecule has 0 bridgehead atoms. The van der Waals surface area contributed by atoms with Crippen LogP contribution in [-0.2, 0) is 4.79 Å². The first-order chi connectivity index (χ1) is 12.8. The Morgan fingerprint density at radius 1 is 1.00 bits per heavy atom. The highest BCUT2D eigenvalue weighted by Gasteiger charge is 2.60. The van der Waals surface area contributed by atoms with E-state index in [-0.39, 0.29) is 6.10 Å². The monoisotopic (exact) mass is 376 g/mol. The average molecular weight is 377 g/mol. The third-order valence-corrected chi connectivity index (χ3v) is 10.2. The summed E-state index contributed by atoms with van der Waals surface area (Å²) in [5.74, 6) is 3.91. The Morgan fingerprint density at radius 2 is 1.70 bits per heavy atom. The summed E-state index contributed by atoms with van der Waals surface area (Å²) < 4.78 is 0. The first-order valence-electron chi connectivity index (χ1n) is 11.7. The van der Waals surface area contributed by atoms with Gasteiger partial charge in [-0.3, -0.25) is 4.79 Å². The molecule has 0 unspecified atom stereocenters. The van der Waals surface area contributed by atoms with E-state index in [0.29, 0.717) is 29.1 Å². The average Bonchev–Trinajstić information content (AvgIpc) is 2.97. The van der Waals surface area contributed by atoms with Crippen LogP contribution in [0.15, 0.2) is 0 Å². The molecule has 2 N–H and O–H groups in total. The second-order valence-corrected chi connectivity index (χ2v) is 11.2. The second kappa shape index (κ2) is 7.04. The zero-order chi connectivity index (χ0) is 19.4. The zero-order valence-electron chi connectivity index (χ0n) is 17.6. The number of carbonyl (C=O) groups is 1. The van der Waals surface area contributed by atoms with Gasteiger partial charge in [0.25, 0.3) is 0 Å². The summed E-state index contributed by atoms with van der Waals surface area (Å²) in [7, 11) is 0.